The first kappa shape index (κ1) is 23.3. The summed E-state index contributed by atoms with van der Waals surface area (Å²) in [6.45, 7) is 8.90. The second-order valence-electron chi connectivity index (χ2n) is 9.16. The van der Waals surface area contributed by atoms with E-state index in [1.807, 2.05) is 6.08 Å². The minimum absolute atomic E-state index is 0.112. The van der Waals surface area contributed by atoms with Crippen LogP contribution in [0.2, 0.25) is 0 Å². The molecule has 0 aromatic heterocycles. The molecule has 1 nitrogen and oxygen atoms in total. The summed E-state index contributed by atoms with van der Waals surface area (Å²) in [4.78, 5) is 0. The molecule has 1 aliphatic rings. The van der Waals surface area contributed by atoms with E-state index < -0.39 is 11.7 Å². The fourth-order valence-corrected chi connectivity index (χ4v) is 4.73. The molecule has 0 amide bonds. The highest BCUT2D eigenvalue weighted by Gasteiger charge is 2.38. The number of halogens is 3. The van der Waals surface area contributed by atoms with Gasteiger partial charge in [0.15, 0.2) is 0 Å². The molecule has 0 aliphatic heterocycles. The van der Waals surface area contributed by atoms with Gasteiger partial charge in [0.1, 0.15) is 0 Å². The number of benzene rings is 2. The summed E-state index contributed by atoms with van der Waals surface area (Å²) < 4.78 is 45.9. The maximum absolute atomic E-state index is 13.6. The quantitative estimate of drug-likeness (QED) is 0.470. The maximum Gasteiger partial charge on any atom is 0.416 e. The molecule has 2 aromatic carbocycles. The Hall–Kier alpha value is -2.33. The molecular formula is C27H31F3O. The summed E-state index contributed by atoms with van der Waals surface area (Å²) in [5.41, 5.74) is 3.75. The number of allylic oxidation sites excluding steroid dienone is 3. The van der Waals surface area contributed by atoms with Crippen molar-refractivity contribution in [3.63, 3.8) is 0 Å². The van der Waals surface area contributed by atoms with Gasteiger partial charge in [-0.2, -0.15) is 13.2 Å². The van der Waals surface area contributed by atoms with Gasteiger partial charge in [-0.05, 0) is 65.0 Å². The molecule has 0 saturated carbocycles. The highest BCUT2D eigenvalue weighted by atomic mass is 19.4. The van der Waals surface area contributed by atoms with Crippen LogP contribution >= 0.6 is 0 Å². The summed E-state index contributed by atoms with van der Waals surface area (Å²) in [7, 11) is 1.54. The number of ether oxygens (including phenoxy) is 1. The highest BCUT2D eigenvalue weighted by Crippen LogP contribution is 2.50. The normalized spacial score (nSPS) is 21.4. The predicted molar refractivity (Wildman–Crippen MR) is 121 cm³/mol. The fraction of sp³-hybridized carbons (Fsp3) is 0.407. The van der Waals surface area contributed by atoms with E-state index in [4.69, 9.17) is 4.74 Å². The molecule has 0 N–H and O–H groups in total. The summed E-state index contributed by atoms with van der Waals surface area (Å²) in [6, 6.07) is 12.7. The largest absolute Gasteiger partial charge is 0.416 e. The first-order valence-electron chi connectivity index (χ1n) is 10.7. The van der Waals surface area contributed by atoms with E-state index in [1.54, 1.807) is 19.3 Å². The standard InChI is InChI=1S/C27H31F3O/c1-18-6-10-21(11-7-18)24-13-8-19(2)23(26(24,3)4)15-12-22-16-20(17-31-5)9-14-25(22)27(28,29)30/h6-7,9-16,19,23H,8,17H2,1-5H3/b15-12+. The number of methoxy groups -OCH3 is 1. The minimum Gasteiger partial charge on any atom is -0.380 e. The Balaban J connectivity index is 1.98. The maximum atomic E-state index is 13.6. The van der Waals surface area contributed by atoms with Crippen molar-refractivity contribution in [2.75, 3.05) is 7.11 Å². The van der Waals surface area contributed by atoms with Crippen molar-refractivity contribution in [2.45, 2.75) is 46.9 Å². The molecule has 31 heavy (non-hydrogen) atoms. The van der Waals surface area contributed by atoms with Crippen molar-refractivity contribution >= 4 is 11.6 Å². The minimum atomic E-state index is -4.40. The second kappa shape index (κ2) is 9.04. The Kier molecular flexibility index (Phi) is 6.80. The number of alkyl halides is 3. The predicted octanol–water partition coefficient (Wildman–Crippen LogP) is 7.94. The molecule has 4 heteroatoms. The van der Waals surface area contributed by atoms with Gasteiger partial charge in [0.05, 0.1) is 12.2 Å². The monoisotopic (exact) mass is 428 g/mol. The zero-order valence-corrected chi connectivity index (χ0v) is 18.9. The van der Waals surface area contributed by atoms with E-state index in [0.717, 1.165) is 18.1 Å². The molecule has 0 fully saturated rings. The molecular weight excluding hydrogens is 397 g/mol. The Morgan fingerprint density at radius 3 is 2.39 bits per heavy atom. The van der Waals surface area contributed by atoms with E-state index >= 15 is 0 Å². The molecule has 0 bridgehead atoms. The summed E-state index contributed by atoms with van der Waals surface area (Å²) in [6.07, 6.45) is 2.43. The van der Waals surface area contributed by atoms with Crippen LogP contribution in [0.5, 0.6) is 0 Å². The van der Waals surface area contributed by atoms with Gasteiger partial charge in [-0.15, -0.1) is 0 Å². The summed E-state index contributed by atoms with van der Waals surface area (Å²) in [5.74, 6) is 0.443. The third-order valence-electron chi connectivity index (χ3n) is 6.41. The Morgan fingerprint density at radius 2 is 1.77 bits per heavy atom. The van der Waals surface area contributed by atoms with Gasteiger partial charge in [-0.25, -0.2) is 0 Å². The molecule has 3 rings (SSSR count). The van der Waals surface area contributed by atoms with E-state index in [0.29, 0.717) is 5.92 Å². The van der Waals surface area contributed by atoms with Crippen LogP contribution in [-0.2, 0) is 17.5 Å². The molecule has 166 valence electrons. The average Bonchev–Trinajstić information content (AvgIpc) is 2.68. The lowest BCUT2D eigenvalue weighted by Gasteiger charge is -2.42. The van der Waals surface area contributed by atoms with Crippen LogP contribution in [0.15, 0.2) is 54.6 Å². The van der Waals surface area contributed by atoms with Crippen molar-refractivity contribution in [1.29, 1.82) is 0 Å². The Morgan fingerprint density at radius 1 is 1.10 bits per heavy atom. The van der Waals surface area contributed by atoms with E-state index in [-0.39, 0.29) is 23.5 Å². The molecule has 2 unspecified atom stereocenters. The van der Waals surface area contributed by atoms with Crippen molar-refractivity contribution in [3.8, 4) is 0 Å². The van der Waals surface area contributed by atoms with E-state index in [9.17, 15) is 13.2 Å². The third kappa shape index (κ3) is 5.12. The average molecular weight is 429 g/mol. The molecule has 1 aliphatic carbocycles. The van der Waals surface area contributed by atoms with E-state index in [1.165, 1.54) is 22.8 Å². The van der Waals surface area contributed by atoms with Crippen molar-refractivity contribution in [2.24, 2.45) is 17.3 Å². The zero-order valence-electron chi connectivity index (χ0n) is 18.9. The van der Waals surface area contributed by atoms with Crippen molar-refractivity contribution in [1.82, 2.24) is 0 Å². The van der Waals surface area contributed by atoms with Gasteiger partial charge in [0.25, 0.3) is 0 Å². The lowest BCUT2D eigenvalue weighted by atomic mass is 9.62. The number of rotatable bonds is 5. The van der Waals surface area contributed by atoms with Gasteiger partial charge in [-0.3, -0.25) is 0 Å². The van der Waals surface area contributed by atoms with Crippen LogP contribution in [0.3, 0.4) is 0 Å². The highest BCUT2D eigenvalue weighted by molar-refractivity contribution is 5.72. The van der Waals surface area contributed by atoms with Crippen LogP contribution in [0, 0.1) is 24.2 Å². The Bertz CT molecular complexity index is 965. The van der Waals surface area contributed by atoms with Gasteiger partial charge in [0, 0.05) is 7.11 Å². The molecule has 2 aromatic rings. The molecule has 0 spiro atoms. The number of aryl methyl sites for hydroxylation is 1. The van der Waals surface area contributed by atoms with Crippen LogP contribution in [0.1, 0.15) is 55.0 Å². The smallest absolute Gasteiger partial charge is 0.380 e. The molecule has 2 atom stereocenters. The zero-order chi connectivity index (χ0) is 22.8. The first-order chi connectivity index (χ1) is 14.5. The first-order valence-corrected chi connectivity index (χ1v) is 10.7. The molecule has 0 radical (unpaired) electrons. The Labute approximate surface area is 183 Å². The van der Waals surface area contributed by atoms with Crippen LogP contribution in [-0.4, -0.2) is 7.11 Å². The van der Waals surface area contributed by atoms with Crippen molar-refractivity contribution < 1.29 is 17.9 Å². The second-order valence-corrected chi connectivity index (χ2v) is 9.16. The van der Waals surface area contributed by atoms with Crippen LogP contribution < -0.4 is 0 Å². The summed E-state index contributed by atoms with van der Waals surface area (Å²) in [5, 5.41) is 0. The lowest BCUT2D eigenvalue weighted by Crippen LogP contribution is -2.32. The van der Waals surface area contributed by atoms with Gasteiger partial charge < -0.3 is 4.74 Å². The topological polar surface area (TPSA) is 9.23 Å². The van der Waals surface area contributed by atoms with Crippen LogP contribution in [0.25, 0.3) is 11.6 Å². The van der Waals surface area contributed by atoms with E-state index in [2.05, 4.69) is 58.0 Å². The molecule has 0 heterocycles. The molecule has 0 saturated heterocycles. The van der Waals surface area contributed by atoms with Crippen molar-refractivity contribution in [3.05, 3.63) is 82.4 Å². The lowest BCUT2D eigenvalue weighted by molar-refractivity contribution is -0.137. The van der Waals surface area contributed by atoms with Crippen LogP contribution in [0.4, 0.5) is 13.2 Å². The number of hydrogen-bond donors (Lipinski definition) is 0. The summed E-state index contributed by atoms with van der Waals surface area (Å²) >= 11 is 0. The SMILES string of the molecule is COCc1ccc(C(F)(F)F)c(/C=C/C2C(C)CC=C(c3ccc(C)cc3)C2(C)C)c1. The van der Waals surface area contributed by atoms with Gasteiger partial charge >= 0.3 is 6.18 Å². The van der Waals surface area contributed by atoms with Gasteiger partial charge in [-0.1, -0.05) is 74.9 Å². The fourth-order valence-electron chi connectivity index (χ4n) is 4.73. The van der Waals surface area contributed by atoms with Gasteiger partial charge in [0.2, 0.25) is 0 Å². The third-order valence-corrected chi connectivity index (χ3v) is 6.41. The number of hydrogen-bond acceptors (Lipinski definition) is 1.